The SMILES string of the molecule is c1ccc2c(c1)nc1n2C(C2CCCC2)CCN1. The molecule has 1 fully saturated rings. The molecule has 18 heavy (non-hydrogen) atoms. The van der Waals surface area contributed by atoms with Gasteiger partial charge in [0.05, 0.1) is 11.0 Å². The number of hydrogen-bond acceptors (Lipinski definition) is 2. The van der Waals surface area contributed by atoms with Gasteiger partial charge >= 0.3 is 0 Å². The third-order valence-electron chi connectivity index (χ3n) is 4.59. The van der Waals surface area contributed by atoms with Crippen molar-refractivity contribution >= 4 is 17.0 Å². The molecule has 1 N–H and O–H groups in total. The van der Waals surface area contributed by atoms with E-state index in [1.54, 1.807) is 0 Å². The van der Waals surface area contributed by atoms with E-state index >= 15 is 0 Å². The van der Waals surface area contributed by atoms with E-state index < -0.39 is 0 Å². The molecule has 1 saturated carbocycles. The van der Waals surface area contributed by atoms with E-state index in [2.05, 4.69) is 34.1 Å². The van der Waals surface area contributed by atoms with E-state index in [9.17, 15) is 0 Å². The lowest BCUT2D eigenvalue weighted by Crippen LogP contribution is -2.27. The number of para-hydroxylation sites is 2. The monoisotopic (exact) mass is 241 g/mol. The van der Waals surface area contributed by atoms with Gasteiger partial charge in [-0.05, 0) is 37.3 Å². The Balaban J connectivity index is 1.86. The van der Waals surface area contributed by atoms with Crippen molar-refractivity contribution in [2.45, 2.75) is 38.1 Å². The lowest BCUT2D eigenvalue weighted by Gasteiger charge is -2.31. The molecular formula is C15H19N3. The van der Waals surface area contributed by atoms with Crippen LogP contribution < -0.4 is 5.32 Å². The lowest BCUT2D eigenvalue weighted by molar-refractivity contribution is 0.319. The zero-order valence-corrected chi connectivity index (χ0v) is 10.6. The number of fused-ring (bicyclic) bond motifs is 3. The molecule has 0 bridgehead atoms. The average Bonchev–Trinajstić information content (AvgIpc) is 3.05. The Bertz CT molecular complexity index is 566. The van der Waals surface area contributed by atoms with Crippen LogP contribution in [0, 0.1) is 5.92 Å². The molecule has 1 unspecified atom stereocenters. The van der Waals surface area contributed by atoms with Crippen molar-refractivity contribution in [3.05, 3.63) is 24.3 Å². The predicted octanol–water partition coefficient (Wildman–Crippen LogP) is 3.58. The quantitative estimate of drug-likeness (QED) is 0.827. The minimum atomic E-state index is 0.663. The molecule has 0 radical (unpaired) electrons. The maximum Gasteiger partial charge on any atom is 0.204 e. The molecule has 2 aliphatic rings. The van der Waals surface area contributed by atoms with E-state index in [0.29, 0.717) is 6.04 Å². The summed E-state index contributed by atoms with van der Waals surface area (Å²) in [4.78, 5) is 4.73. The van der Waals surface area contributed by atoms with Crippen molar-refractivity contribution in [3.8, 4) is 0 Å². The molecular weight excluding hydrogens is 222 g/mol. The van der Waals surface area contributed by atoms with Crippen molar-refractivity contribution < 1.29 is 0 Å². The largest absolute Gasteiger partial charge is 0.356 e. The van der Waals surface area contributed by atoms with E-state index in [0.717, 1.165) is 23.9 Å². The minimum absolute atomic E-state index is 0.663. The summed E-state index contributed by atoms with van der Waals surface area (Å²) in [5.74, 6) is 1.95. The second kappa shape index (κ2) is 4.01. The molecule has 1 atom stereocenters. The summed E-state index contributed by atoms with van der Waals surface area (Å²) in [7, 11) is 0. The van der Waals surface area contributed by atoms with Gasteiger partial charge in [-0.15, -0.1) is 0 Å². The van der Waals surface area contributed by atoms with Crippen LogP contribution in [0.25, 0.3) is 11.0 Å². The Labute approximate surface area is 107 Å². The van der Waals surface area contributed by atoms with Crippen LogP contribution in [0.4, 0.5) is 5.95 Å². The highest BCUT2D eigenvalue weighted by molar-refractivity contribution is 5.79. The van der Waals surface area contributed by atoms with Crippen LogP contribution in [-0.4, -0.2) is 16.1 Å². The van der Waals surface area contributed by atoms with Crippen LogP contribution in [0.1, 0.15) is 38.1 Å². The van der Waals surface area contributed by atoms with Crippen molar-refractivity contribution in [1.82, 2.24) is 9.55 Å². The van der Waals surface area contributed by atoms with Gasteiger partial charge < -0.3 is 9.88 Å². The molecule has 3 nitrogen and oxygen atoms in total. The van der Waals surface area contributed by atoms with Gasteiger partial charge in [-0.3, -0.25) is 0 Å². The number of aromatic nitrogens is 2. The van der Waals surface area contributed by atoms with Gasteiger partial charge in [-0.25, -0.2) is 4.98 Å². The number of anilines is 1. The molecule has 0 saturated heterocycles. The number of imidazole rings is 1. The Kier molecular flexibility index (Phi) is 2.32. The Morgan fingerprint density at radius 3 is 2.83 bits per heavy atom. The van der Waals surface area contributed by atoms with E-state index in [1.165, 1.54) is 37.6 Å². The third kappa shape index (κ3) is 1.46. The van der Waals surface area contributed by atoms with Crippen LogP contribution in [0.15, 0.2) is 24.3 Å². The van der Waals surface area contributed by atoms with Crippen LogP contribution in [0.5, 0.6) is 0 Å². The van der Waals surface area contributed by atoms with Gasteiger partial charge in [0, 0.05) is 12.6 Å². The first-order chi connectivity index (χ1) is 8.93. The summed E-state index contributed by atoms with van der Waals surface area (Å²) >= 11 is 0. The average molecular weight is 241 g/mol. The minimum Gasteiger partial charge on any atom is -0.356 e. The topological polar surface area (TPSA) is 29.9 Å². The number of nitrogens with zero attached hydrogens (tertiary/aromatic N) is 2. The molecule has 0 spiro atoms. The van der Waals surface area contributed by atoms with Gasteiger partial charge in [-0.1, -0.05) is 25.0 Å². The highest BCUT2D eigenvalue weighted by atomic mass is 15.2. The molecule has 3 heteroatoms. The Hall–Kier alpha value is -1.51. The summed E-state index contributed by atoms with van der Waals surface area (Å²) in [5, 5.41) is 3.46. The molecule has 2 heterocycles. The first-order valence-electron chi connectivity index (χ1n) is 7.14. The predicted molar refractivity (Wildman–Crippen MR) is 73.8 cm³/mol. The van der Waals surface area contributed by atoms with E-state index in [1.807, 2.05) is 0 Å². The van der Waals surface area contributed by atoms with E-state index in [-0.39, 0.29) is 0 Å². The maximum atomic E-state index is 4.73. The lowest BCUT2D eigenvalue weighted by atomic mass is 9.94. The molecule has 1 aromatic heterocycles. The van der Waals surface area contributed by atoms with Crippen LogP contribution in [-0.2, 0) is 0 Å². The Morgan fingerprint density at radius 2 is 1.94 bits per heavy atom. The van der Waals surface area contributed by atoms with Crippen molar-refractivity contribution in [2.75, 3.05) is 11.9 Å². The summed E-state index contributed by atoms with van der Waals surface area (Å²) in [6.07, 6.45) is 6.87. The second-order valence-electron chi connectivity index (χ2n) is 5.62. The van der Waals surface area contributed by atoms with Crippen LogP contribution in [0.2, 0.25) is 0 Å². The van der Waals surface area contributed by atoms with Gasteiger partial charge in [0.2, 0.25) is 5.95 Å². The fraction of sp³-hybridized carbons (Fsp3) is 0.533. The Morgan fingerprint density at radius 1 is 1.11 bits per heavy atom. The number of nitrogens with one attached hydrogen (secondary N) is 1. The molecule has 1 aliphatic heterocycles. The molecule has 2 aromatic rings. The molecule has 0 amide bonds. The number of rotatable bonds is 1. The maximum absolute atomic E-state index is 4.73. The fourth-order valence-electron chi connectivity index (χ4n) is 3.75. The zero-order valence-electron chi connectivity index (χ0n) is 10.6. The molecule has 94 valence electrons. The zero-order chi connectivity index (χ0) is 11.9. The van der Waals surface area contributed by atoms with Gasteiger partial charge in [-0.2, -0.15) is 0 Å². The first-order valence-corrected chi connectivity index (χ1v) is 7.14. The molecule has 4 rings (SSSR count). The molecule has 1 aromatic carbocycles. The standard InChI is InChI=1S/C15H19N3/c1-2-6-11(5-1)13-9-10-16-15-17-12-7-3-4-8-14(12)18(13)15/h3-4,7-8,11,13H,1-2,5-6,9-10H2,(H,16,17). The number of benzene rings is 1. The van der Waals surface area contributed by atoms with Crippen molar-refractivity contribution in [2.24, 2.45) is 5.92 Å². The number of hydrogen-bond donors (Lipinski definition) is 1. The molecule has 1 aliphatic carbocycles. The van der Waals surface area contributed by atoms with Crippen molar-refractivity contribution in [1.29, 1.82) is 0 Å². The van der Waals surface area contributed by atoms with Crippen LogP contribution in [0.3, 0.4) is 0 Å². The van der Waals surface area contributed by atoms with Gasteiger partial charge in [0.15, 0.2) is 0 Å². The van der Waals surface area contributed by atoms with Gasteiger partial charge in [0.1, 0.15) is 0 Å². The highest BCUT2D eigenvalue weighted by Crippen LogP contribution is 2.41. The van der Waals surface area contributed by atoms with E-state index in [4.69, 9.17) is 4.98 Å². The van der Waals surface area contributed by atoms with Gasteiger partial charge in [0.25, 0.3) is 0 Å². The van der Waals surface area contributed by atoms with Crippen molar-refractivity contribution in [3.63, 3.8) is 0 Å². The second-order valence-corrected chi connectivity index (χ2v) is 5.62. The highest BCUT2D eigenvalue weighted by Gasteiger charge is 2.31. The fourth-order valence-corrected chi connectivity index (χ4v) is 3.75. The summed E-state index contributed by atoms with van der Waals surface area (Å²) in [5.41, 5.74) is 2.43. The smallest absolute Gasteiger partial charge is 0.204 e. The third-order valence-corrected chi connectivity index (χ3v) is 4.59. The summed E-state index contributed by atoms with van der Waals surface area (Å²) in [6.45, 7) is 1.07. The summed E-state index contributed by atoms with van der Waals surface area (Å²) < 4.78 is 2.47. The first kappa shape index (κ1) is 10.4. The summed E-state index contributed by atoms with van der Waals surface area (Å²) in [6, 6.07) is 9.19. The normalized spacial score (nSPS) is 24.1. The van der Waals surface area contributed by atoms with Crippen LogP contribution >= 0.6 is 0 Å².